The quantitative estimate of drug-likeness (QED) is 0.771. The lowest BCUT2D eigenvalue weighted by atomic mass is 9.78. The molecule has 1 aliphatic heterocycles. The third-order valence-corrected chi connectivity index (χ3v) is 5.91. The molecule has 21 heavy (non-hydrogen) atoms. The topological polar surface area (TPSA) is 15.3 Å². The van der Waals surface area contributed by atoms with E-state index >= 15 is 0 Å². The number of likely N-dealkylation sites (N-methyl/N-ethyl adjacent to an activating group) is 1. The summed E-state index contributed by atoms with van der Waals surface area (Å²) >= 11 is 0. The van der Waals surface area contributed by atoms with E-state index in [1.54, 1.807) is 0 Å². The molecule has 1 saturated heterocycles. The van der Waals surface area contributed by atoms with Gasteiger partial charge in [0.15, 0.2) is 0 Å². The van der Waals surface area contributed by atoms with Gasteiger partial charge in [-0.15, -0.1) is 0 Å². The summed E-state index contributed by atoms with van der Waals surface area (Å²) in [4.78, 5) is 2.93. The van der Waals surface area contributed by atoms with Crippen molar-refractivity contribution in [3.05, 3.63) is 0 Å². The fourth-order valence-electron chi connectivity index (χ4n) is 4.84. The zero-order valence-corrected chi connectivity index (χ0v) is 14.7. The maximum absolute atomic E-state index is 3.82. The fraction of sp³-hybridized carbons (Fsp3) is 1.00. The van der Waals surface area contributed by atoms with E-state index in [2.05, 4.69) is 31.0 Å². The molecule has 0 amide bonds. The molecule has 2 rings (SSSR count). The van der Waals surface area contributed by atoms with Gasteiger partial charge in [0.05, 0.1) is 0 Å². The summed E-state index contributed by atoms with van der Waals surface area (Å²) in [5.41, 5.74) is 0. The highest BCUT2D eigenvalue weighted by Gasteiger charge is 2.36. The van der Waals surface area contributed by atoms with E-state index in [0.29, 0.717) is 0 Å². The van der Waals surface area contributed by atoms with Crippen molar-refractivity contribution in [3.8, 4) is 0 Å². The van der Waals surface area contributed by atoms with Crippen molar-refractivity contribution >= 4 is 0 Å². The van der Waals surface area contributed by atoms with Gasteiger partial charge in [-0.1, -0.05) is 46.5 Å². The van der Waals surface area contributed by atoms with E-state index < -0.39 is 0 Å². The summed E-state index contributed by atoms with van der Waals surface area (Å²) in [6, 6.07) is 2.40. The summed E-state index contributed by atoms with van der Waals surface area (Å²) in [5, 5.41) is 3.82. The number of rotatable bonds is 6. The van der Waals surface area contributed by atoms with E-state index in [0.717, 1.165) is 30.6 Å². The lowest BCUT2D eigenvalue weighted by Gasteiger charge is -2.46. The molecule has 124 valence electrons. The second kappa shape index (κ2) is 9.15. The molecule has 0 bridgehead atoms. The van der Waals surface area contributed by atoms with Gasteiger partial charge in [0.1, 0.15) is 0 Å². The Labute approximate surface area is 133 Å². The first kappa shape index (κ1) is 17.3. The molecule has 2 nitrogen and oxygen atoms in total. The van der Waals surface area contributed by atoms with Gasteiger partial charge in [-0.05, 0) is 57.5 Å². The summed E-state index contributed by atoms with van der Waals surface area (Å²) in [7, 11) is 0. The second-order valence-corrected chi connectivity index (χ2v) is 7.35. The molecule has 1 saturated carbocycles. The first-order valence-corrected chi connectivity index (χ1v) is 9.79. The Balaban J connectivity index is 2.08. The molecule has 1 aliphatic carbocycles. The second-order valence-electron chi connectivity index (χ2n) is 7.35. The van der Waals surface area contributed by atoms with Crippen molar-refractivity contribution in [1.29, 1.82) is 0 Å². The van der Waals surface area contributed by atoms with Gasteiger partial charge >= 0.3 is 0 Å². The minimum Gasteiger partial charge on any atom is -0.313 e. The molecule has 0 aromatic heterocycles. The number of hydrogen-bond acceptors (Lipinski definition) is 2. The van der Waals surface area contributed by atoms with E-state index in [9.17, 15) is 0 Å². The van der Waals surface area contributed by atoms with E-state index in [4.69, 9.17) is 0 Å². The lowest BCUT2D eigenvalue weighted by molar-refractivity contribution is 0.0582. The third-order valence-electron chi connectivity index (χ3n) is 5.91. The average Bonchev–Trinajstić information content (AvgIpc) is 2.74. The first-order chi connectivity index (χ1) is 10.3. The number of nitrogens with one attached hydrogen (secondary N) is 1. The molecule has 2 aliphatic rings. The van der Waals surface area contributed by atoms with Crippen LogP contribution in [0, 0.1) is 5.92 Å². The minimum atomic E-state index is 0.746. The molecule has 4 unspecified atom stereocenters. The maximum atomic E-state index is 3.82. The van der Waals surface area contributed by atoms with Gasteiger partial charge in [-0.3, -0.25) is 4.90 Å². The van der Waals surface area contributed by atoms with Crippen LogP contribution in [0.2, 0.25) is 0 Å². The van der Waals surface area contributed by atoms with Crippen LogP contribution in [0.15, 0.2) is 0 Å². The highest BCUT2D eigenvalue weighted by Crippen LogP contribution is 2.34. The average molecular weight is 295 g/mol. The fourth-order valence-corrected chi connectivity index (χ4v) is 4.84. The van der Waals surface area contributed by atoms with Crippen LogP contribution in [0.4, 0.5) is 0 Å². The zero-order chi connectivity index (χ0) is 15.1. The zero-order valence-electron chi connectivity index (χ0n) is 14.7. The monoisotopic (exact) mass is 294 g/mol. The maximum Gasteiger partial charge on any atom is 0.0254 e. The first-order valence-electron chi connectivity index (χ1n) is 9.79. The van der Waals surface area contributed by atoms with Crippen LogP contribution in [0.5, 0.6) is 0 Å². The molecule has 1 heterocycles. The molecular formula is C19H38N2. The van der Waals surface area contributed by atoms with Gasteiger partial charge in [-0.2, -0.15) is 0 Å². The van der Waals surface area contributed by atoms with Crippen LogP contribution in [-0.4, -0.2) is 36.1 Å². The SMILES string of the molecule is CCCC1CCC(NCC)C(N2CCCCCC2CC)C1. The van der Waals surface area contributed by atoms with Crippen molar-refractivity contribution in [1.82, 2.24) is 10.2 Å². The number of hydrogen-bond donors (Lipinski definition) is 1. The predicted molar refractivity (Wildman–Crippen MR) is 92.8 cm³/mol. The van der Waals surface area contributed by atoms with Gasteiger partial charge < -0.3 is 5.32 Å². The number of likely N-dealkylation sites (tertiary alicyclic amines) is 1. The number of nitrogens with zero attached hydrogens (tertiary/aromatic N) is 1. The molecule has 2 fully saturated rings. The Morgan fingerprint density at radius 1 is 1.00 bits per heavy atom. The van der Waals surface area contributed by atoms with Crippen LogP contribution >= 0.6 is 0 Å². The normalized spacial score (nSPS) is 35.6. The van der Waals surface area contributed by atoms with Crippen LogP contribution in [0.3, 0.4) is 0 Å². The van der Waals surface area contributed by atoms with E-state index in [1.165, 1.54) is 70.8 Å². The molecule has 2 heteroatoms. The summed E-state index contributed by atoms with van der Waals surface area (Å²) < 4.78 is 0. The molecular weight excluding hydrogens is 256 g/mol. The minimum absolute atomic E-state index is 0.746. The Morgan fingerprint density at radius 2 is 1.86 bits per heavy atom. The van der Waals surface area contributed by atoms with Crippen molar-refractivity contribution in [2.75, 3.05) is 13.1 Å². The van der Waals surface area contributed by atoms with Gasteiger partial charge in [0.2, 0.25) is 0 Å². The van der Waals surface area contributed by atoms with Crippen molar-refractivity contribution in [2.24, 2.45) is 5.92 Å². The van der Waals surface area contributed by atoms with Crippen LogP contribution in [-0.2, 0) is 0 Å². The lowest BCUT2D eigenvalue weighted by Crippen LogP contribution is -2.56. The van der Waals surface area contributed by atoms with Gasteiger partial charge in [-0.25, -0.2) is 0 Å². The molecule has 0 aromatic rings. The Hall–Kier alpha value is -0.0800. The smallest absolute Gasteiger partial charge is 0.0254 e. The molecule has 4 atom stereocenters. The Morgan fingerprint density at radius 3 is 2.57 bits per heavy atom. The highest BCUT2D eigenvalue weighted by atomic mass is 15.2. The van der Waals surface area contributed by atoms with Gasteiger partial charge in [0.25, 0.3) is 0 Å². The summed E-state index contributed by atoms with van der Waals surface area (Å²) in [6.45, 7) is 9.51. The molecule has 0 spiro atoms. The summed E-state index contributed by atoms with van der Waals surface area (Å²) in [5.74, 6) is 0.982. The van der Waals surface area contributed by atoms with Crippen molar-refractivity contribution in [2.45, 2.75) is 103 Å². The van der Waals surface area contributed by atoms with Crippen LogP contribution < -0.4 is 5.32 Å². The standard InChI is InChI=1S/C19H38N2/c1-4-10-16-12-13-18(20-6-3)19(15-16)21-14-9-7-8-11-17(21)5-2/h16-20H,4-15H2,1-3H3. The van der Waals surface area contributed by atoms with E-state index in [-0.39, 0.29) is 0 Å². The Bertz CT molecular complexity index is 279. The van der Waals surface area contributed by atoms with E-state index in [1.807, 2.05) is 0 Å². The van der Waals surface area contributed by atoms with Crippen molar-refractivity contribution < 1.29 is 0 Å². The predicted octanol–water partition coefficient (Wildman–Crippen LogP) is 4.59. The van der Waals surface area contributed by atoms with Gasteiger partial charge in [0, 0.05) is 18.1 Å². The van der Waals surface area contributed by atoms with Crippen LogP contribution in [0.25, 0.3) is 0 Å². The molecule has 1 N–H and O–H groups in total. The largest absolute Gasteiger partial charge is 0.313 e. The highest BCUT2D eigenvalue weighted by molar-refractivity contribution is 4.94. The van der Waals surface area contributed by atoms with Crippen molar-refractivity contribution in [3.63, 3.8) is 0 Å². The Kier molecular flexibility index (Phi) is 7.53. The van der Waals surface area contributed by atoms with Crippen LogP contribution in [0.1, 0.15) is 85.0 Å². The molecule has 0 aromatic carbocycles. The molecule has 0 radical (unpaired) electrons. The summed E-state index contributed by atoms with van der Waals surface area (Å²) in [6.07, 6.45) is 14.2. The third kappa shape index (κ3) is 4.69.